The van der Waals surface area contributed by atoms with Crippen LogP contribution in [0.2, 0.25) is 0 Å². The molecule has 0 aliphatic rings. The van der Waals surface area contributed by atoms with Crippen LogP contribution in [0.1, 0.15) is 18.4 Å². The summed E-state index contributed by atoms with van der Waals surface area (Å²) in [7, 11) is 0. The summed E-state index contributed by atoms with van der Waals surface area (Å²) in [4.78, 5) is 24.9. The Morgan fingerprint density at radius 1 is 1.38 bits per heavy atom. The number of hydrogen-bond donors (Lipinski definition) is 1. The molecule has 0 bridgehead atoms. The van der Waals surface area contributed by atoms with E-state index in [1.807, 2.05) is 0 Å². The molecule has 0 fully saturated rings. The zero-order valence-corrected chi connectivity index (χ0v) is 12.2. The van der Waals surface area contributed by atoms with Crippen molar-refractivity contribution in [2.45, 2.75) is 25.6 Å². The van der Waals surface area contributed by atoms with Gasteiger partial charge in [-0.3, -0.25) is 4.79 Å². The number of nitrogens with one attached hydrogen (secondary N) is 1. The Kier molecular flexibility index (Phi) is 5.11. The second kappa shape index (κ2) is 7.06. The normalized spacial score (nSPS) is 11.3. The van der Waals surface area contributed by atoms with E-state index in [1.165, 1.54) is 23.1 Å². The summed E-state index contributed by atoms with van der Waals surface area (Å²) in [5.41, 5.74) is -0.804. The quantitative estimate of drug-likeness (QED) is 0.641. The van der Waals surface area contributed by atoms with Gasteiger partial charge in [-0.25, -0.2) is 0 Å². The first-order valence-electron chi connectivity index (χ1n) is 6.76. The zero-order chi connectivity index (χ0) is 17.7. The minimum absolute atomic E-state index is 0.0178. The van der Waals surface area contributed by atoms with E-state index in [2.05, 4.69) is 15.4 Å². The third kappa shape index (κ3) is 4.76. The van der Waals surface area contributed by atoms with E-state index in [-0.39, 0.29) is 18.7 Å². The summed E-state index contributed by atoms with van der Waals surface area (Å²) in [6, 6.07) is 4.31. The number of aryl methyl sites for hydroxylation is 1. The van der Waals surface area contributed by atoms with Crippen LogP contribution in [0.5, 0.6) is 0 Å². The first kappa shape index (κ1) is 17.4. The fourth-order valence-electron chi connectivity index (χ4n) is 1.87. The van der Waals surface area contributed by atoms with E-state index >= 15 is 0 Å². The van der Waals surface area contributed by atoms with Crippen molar-refractivity contribution in [3.8, 4) is 0 Å². The van der Waals surface area contributed by atoms with Crippen molar-refractivity contribution in [3.63, 3.8) is 0 Å². The van der Waals surface area contributed by atoms with Crippen LogP contribution in [0.3, 0.4) is 0 Å². The van der Waals surface area contributed by atoms with Gasteiger partial charge in [0.05, 0.1) is 12.1 Å². The second-order valence-electron chi connectivity index (χ2n) is 4.80. The second-order valence-corrected chi connectivity index (χ2v) is 4.80. The van der Waals surface area contributed by atoms with Gasteiger partial charge in [-0.1, -0.05) is 11.1 Å². The Morgan fingerprint density at radius 2 is 2.12 bits per heavy atom. The molecule has 0 radical (unpaired) electrons. The van der Waals surface area contributed by atoms with Crippen molar-refractivity contribution in [2.75, 3.05) is 5.32 Å². The van der Waals surface area contributed by atoms with Gasteiger partial charge in [-0.05, 0) is 29.5 Å². The molecule has 1 N–H and O–H groups in total. The molecule has 128 valence electrons. The molecular weight excluding hydrogens is 331 g/mol. The van der Waals surface area contributed by atoms with Gasteiger partial charge in [0.25, 0.3) is 0 Å². The maximum Gasteiger partial charge on any atom is 0.490 e. The lowest BCUT2D eigenvalue weighted by Crippen LogP contribution is -2.13. The Balaban J connectivity index is 1.84. The van der Waals surface area contributed by atoms with Crippen LogP contribution < -0.4 is 5.32 Å². The van der Waals surface area contributed by atoms with Crippen LogP contribution in [0, 0.1) is 10.1 Å². The SMILES string of the molecule is O=C(CCCn1cnc([N+](=O)[O-])n1)Nc1cccc(C(F)(F)F)c1. The molecule has 1 amide bonds. The highest BCUT2D eigenvalue weighted by Gasteiger charge is 2.30. The van der Waals surface area contributed by atoms with Gasteiger partial charge in [0, 0.05) is 17.2 Å². The number of halogens is 3. The average Bonchev–Trinajstić information content (AvgIpc) is 2.96. The summed E-state index contributed by atoms with van der Waals surface area (Å²) in [6.07, 6.45) is -3.00. The molecule has 8 nitrogen and oxygen atoms in total. The van der Waals surface area contributed by atoms with Gasteiger partial charge in [-0.15, -0.1) is 0 Å². The highest BCUT2D eigenvalue weighted by molar-refractivity contribution is 5.90. The molecule has 0 spiro atoms. The third-order valence-electron chi connectivity index (χ3n) is 2.95. The van der Waals surface area contributed by atoms with Crippen molar-refractivity contribution in [2.24, 2.45) is 0 Å². The van der Waals surface area contributed by atoms with Crippen LogP contribution >= 0.6 is 0 Å². The van der Waals surface area contributed by atoms with Crippen LogP contribution in [0.4, 0.5) is 24.8 Å². The Morgan fingerprint density at radius 3 is 2.75 bits per heavy atom. The van der Waals surface area contributed by atoms with Crippen LogP contribution in [-0.2, 0) is 17.5 Å². The van der Waals surface area contributed by atoms with E-state index in [0.29, 0.717) is 6.42 Å². The standard InChI is InChI=1S/C13H12F3N5O3/c14-13(15,16)9-3-1-4-10(7-9)18-11(22)5-2-6-20-8-17-12(19-20)21(23)24/h1,3-4,7-8H,2,5-6H2,(H,18,22). The lowest BCUT2D eigenvalue weighted by Gasteiger charge is -2.09. The number of amides is 1. The van der Waals surface area contributed by atoms with Gasteiger partial charge in [0.15, 0.2) is 0 Å². The van der Waals surface area contributed by atoms with E-state index in [9.17, 15) is 28.1 Å². The van der Waals surface area contributed by atoms with Gasteiger partial charge >= 0.3 is 12.1 Å². The molecular formula is C13H12F3N5O3. The Labute approximate surface area is 133 Å². The lowest BCUT2D eigenvalue weighted by atomic mass is 10.2. The predicted octanol–water partition coefficient (Wildman–Crippen LogP) is 2.62. The zero-order valence-electron chi connectivity index (χ0n) is 12.2. The maximum absolute atomic E-state index is 12.6. The lowest BCUT2D eigenvalue weighted by molar-refractivity contribution is -0.394. The monoisotopic (exact) mass is 343 g/mol. The average molecular weight is 343 g/mol. The molecule has 0 aliphatic carbocycles. The van der Waals surface area contributed by atoms with Gasteiger partial charge in [-0.2, -0.15) is 17.9 Å². The third-order valence-corrected chi connectivity index (χ3v) is 2.95. The van der Waals surface area contributed by atoms with Crippen molar-refractivity contribution >= 4 is 17.5 Å². The van der Waals surface area contributed by atoms with Crippen molar-refractivity contribution < 1.29 is 22.9 Å². The van der Waals surface area contributed by atoms with E-state index < -0.39 is 28.5 Å². The molecule has 11 heteroatoms. The fraction of sp³-hybridized carbons (Fsp3) is 0.308. The van der Waals surface area contributed by atoms with Gasteiger partial charge < -0.3 is 15.4 Å². The van der Waals surface area contributed by atoms with Gasteiger partial charge in [0.1, 0.15) is 0 Å². The first-order chi connectivity index (χ1) is 11.3. The summed E-state index contributed by atoms with van der Waals surface area (Å²) in [5.74, 6) is -1.01. The number of anilines is 1. The number of alkyl halides is 3. The largest absolute Gasteiger partial charge is 0.490 e. The fourth-order valence-corrected chi connectivity index (χ4v) is 1.87. The van der Waals surface area contributed by atoms with E-state index in [4.69, 9.17) is 0 Å². The maximum atomic E-state index is 12.6. The summed E-state index contributed by atoms with van der Waals surface area (Å²) < 4.78 is 39.0. The molecule has 1 heterocycles. The molecule has 2 aromatic rings. The van der Waals surface area contributed by atoms with E-state index in [0.717, 1.165) is 12.1 Å². The van der Waals surface area contributed by atoms with Crippen molar-refractivity contribution in [3.05, 3.63) is 46.3 Å². The van der Waals surface area contributed by atoms with Crippen molar-refractivity contribution in [1.29, 1.82) is 0 Å². The summed E-state index contributed by atoms with van der Waals surface area (Å²) in [5, 5.41) is 16.4. The summed E-state index contributed by atoms with van der Waals surface area (Å²) in [6.45, 7) is 0.219. The molecule has 0 unspecified atom stereocenters. The highest BCUT2D eigenvalue weighted by atomic mass is 19.4. The smallest absolute Gasteiger partial charge is 0.390 e. The van der Waals surface area contributed by atoms with Crippen LogP contribution in [0.15, 0.2) is 30.6 Å². The summed E-state index contributed by atoms with van der Waals surface area (Å²) >= 11 is 0. The Hall–Kier alpha value is -2.98. The first-order valence-corrected chi connectivity index (χ1v) is 6.76. The number of benzene rings is 1. The number of rotatable bonds is 6. The number of carbonyl (C=O) groups excluding carboxylic acids is 1. The molecule has 1 aromatic carbocycles. The van der Waals surface area contributed by atoms with Crippen LogP contribution in [0.25, 0.3) is 0 Å². The molecule has 0 aliphatic heterocycles. The molecule has 1 aromatic heterocycles. The minimum Gasteiger partial charge on any atom is -0.390 e. The molecule has 0 atom stereocenters. The van der Waals surface area contributed by atoms with Crippen molar-refractivity contribution in [1.82, 2.24) is 14.8 Å². The number of hydrogen-bond acceptors (Lipinski definition) is 5. The molecule has 0 saturated heterocycles. The molecule has 2 rings (SSSR count). The number of carbonyl (C=O) groups is 1. The van der Waals surface area contributed by atoms with Crippen LogP contribution in [-0.4, -0.2) is 25.6 Å². The predicted molar refractivity (Wildman–Crippen MR) is 76.0 cm³/mol. The molecule has 24 heavy (non-hydrogen) atoms. The van der Waals surface area contributed by atoms with E-state index in [1.54, 1.807) is 0 Å². The topological polar surface area (TPSA) is 103 Å². The number of nitro groups is 1. The minimum atomic E-state index is -4.48. The highest BCUT2D eigenvalue weighted by Crippen LogP contribution is 2.30. The molecule has 0 saturated carbocycles. The van der Waals surface area contributed by atoms with Gasteiger partial charge in [0.2, 0.25) is 12.2 Å². The Bertz CT molecular complexity index is 744. The number of aromatic nitrogens is 3. The number of nitrogens with zero attached hydrogens (tertiary/aromatic N) is 4.